The van der Waals surface area contributed by atoms with Gasteiger partial charge in [-0.25, -0.2) is 4.98 Å². The molecule has 0 saturated carbocycles. The van der Waals surface area contributed by atoms with Crippen molar-refractivity contribution in [3.8, 4) is 6.07 Å². The van der Waals surface area contributed by atoms with Crippen LogP contribution in [-0.4, -0.2) is 24.2 Å². The molecule has 0 N–H and O–H groups in total. The standard InChI is InChI=1S/C11H19N3OSi/c1-16(2,3)7-6-15-10-14-8-11(4-5-12)13-9-14/h8-9H,4,6-7,10H2,1-3H3. The fraction of sp³-hybridized carbons (Fsp3) is 0.636. The molecule has 16 heavy (non-hydrogen) atoms. The molecule has 0 aliphatic heterocycles. The Balaban J connectivity index is 2.25. The summed E-state index contributed by atoms with van der Waals surface area (Å²) in [5, 5.41) is 8.51. The average molecular weight is 237 g/mol. The maximum absolute atomic E-state index is 8.51. The molecule has 0 aliphatic carbocycles. The highest BCUT2D eigenvalue weighted by Crippen LogP contribution is 2.07. The van der Waals surface area contributed by atoms with E-state index >= 15 is 0 Å². The summed E-state index contributed by atoms with van der Waals surface area (Å²) in [6.07, 6.45) is 3.93. The predicted molar refractivity (Wildman–Crippen MR) is 65.6 cm³/mol. The van der Waals surface area contributed by atoms with Gasteiger partial charge >= 0.3 is 0 Å². The summed E-state index contributed by atoms with van der Waals surface area (Å²) in [6, 6.07) is 3.25. The van der Waals surface area contributed by atoms with Crippen LogP contribution in [0.1, 0.15) is 5.69 Å². The molecule has 0 amide bonds. The summed E-state index contributed by atoms with van der Waals surface area (Å²) in [5.74, 6) is 0. The van der Waals surface area contributed by atoms with Crippen molar-refractivity contribution in [2.24, 2.45) is 0 Å². The van der Waals surface area contributed by atoms with Gasteiger partial charge in [0, 0.05) is 20.9 Å². The second kappa shape index (κ2) is 5.82. The molecule has 0 bridgehead atoms. The first-order valence-electron chi connectivity index (χ1n) is 5.46. The van der Waals surface area contributed by atoms with Gasteiger partial charge in [0.2, 0.25) is 0 Å². The minimum Gasteiger partial charge on any atom is -0.361 e. The van der Waals surface area contributed by atoms with Crippen molar-refractivity contribution in [1.29, 1.82) is 5.26 Å². The van der Waals surface area contributed by atoms with Crippen LogP contribution >= 0.6 is 0 Å². The Morgan fingerprint density at radius 3 is 2.88 bits per heavy atom. The Morgan fingerprint density at radius 1 is 1.50 bits per heavy atom. The van der Waals surface area contributed by atoms with Crippen molar-refractivity contribution in [2.75, 3.05) is 6.61 Å². The molecule has 1 aromatic rings. The lowest BCUT2D eigenvalue weighted by Gasteiger charge is -2.15. The lowest BCUT2D eigenvalue weighted by molar-refractivity contribution is 0.0871. The Morgan fingerprint density at radius 2 is 2.25 bits per heavy atom. The van der Waals surface area contributed by atoms with Gasteiger partial charge in [0.15, 0.2) is 0 Å². The number of rotatable bonds is 6. The van der Waals surface area contributed by atoms with E-state index in [0.29, 0.717) is 13.2 Å². The van der Waals surface area contributed by atoms with E-state index in [0.717, 1.165) is 12.3 Å². The van der Waals surface area contributed by atoms with Gasteiger partial charge in [-0.15, -0.1) is 0 Å². The maximum atomic E-state index is 8.51. The average Bonchev–Trinajstić information content (AvgIpc) is 2.60. The second-order valence-corrected chi connectivity index (χ2v) is 10.7. The zero-order valence-corrected chi connectivity index (χ0v) is 11.2. The van der Waals surface area contributed by atoms with Crippen LogP contribution in [0.2, 0.25) is 25.7 Å². The first-order valence-corrected chi connectivity index (χ1v) is 9.17. The number of aromatic nitrogens is 2. The molecular weight excluding hydrogens is 218 g/mol. The molecule has 0 saturated heterocycles. The van der Waals surface area contributed by atoms with Crippen molar-refractivity contribution >= 4 is 8.07 Å². The van der Waals surface area contributed by atoms with E-state index in [4.69, 9.17) is 10.00 Å². The van der Waals surface area contributed by atoms with Gasteiger partial charge in [-0.1, -0.05) is 19.6 Å². The van der Waals surface area contributed by atoms with Gasteiger partial charge in [0.25, 0.3) is 0 Å². The van der Waals surface area contributed by atoms with Gasteiger partial charge in [0.1, 0.15) is 6.73 Å². The highest BCUT2D eigenvalue weighted by Gasteiger charge is 2.11. The van der Waals surface area contributed by atoms with Crippen LogP contribution in [-0.2, 0) is 17.9 Å². The Labute approximate surface area is 97.9 Å². The number of imidazole rings is 1. The first-order chi connectivity index (χ1) is 7.51. The third kappa shape index (κ3) is 5.10. The zero-order valence-electron chi connectivity index (χ0n) is 10.2. The molecule has 5 heteroatoms. The topological polar surface area (TPSA) is 50.8 Å². The van der Waals surface area contributed by atoms with Crippen LogP contribution in [0.3, 0.4) is 0 Å². The Hall–Kier alpha value is -1.12. The summed E-state index contributed by atoms with van der Waals surface area (Å²) in [5.41, 5.74) is 0.802. The number of nitriles is 1. The van der Waals surface area contributed by atoms with Crippen molar-refractivity contribution in [2.45, 2.75) is 38.8 Å². The number of nitrogens with zero attached hydrogens (tertiary/aromatic N) is 3. The van der Waals surface area contributed by atoms with Crippen LogP contribution in [0, 0.1) is 11.3 Å². The largest absolute Gasteiger partial charge is 0.361 e. The fourth-order valence-electron chi connectivity index (χ4n) is 1.20. The van der Waals surface area contributed by atoms with E-state index in [1.807, 2.05) is 10.8 Å². The highest BCUT2D eigenvalue weighted by atomic mass is 28.3. The minimum absolute atomic E-state index is 0.363. The summed E-state index contributed by atoms with van der Waals surface area (Å²) >= 11 is 0. The van der Waals surface area contributed by atoms with Gasteiger partial charge in [-0.05, 0) is 6.04 Å². The molecule has 0 radical (unpaired) electrons. The van der Waals surface area contributed by atoms with Gasteiger partial charge < -0.3 is 9.30 Å². The molecule has 0 unspecified atom stereocenters. The summed E-state index contributed by atoms with van der Waals surface area (Å²) in [7, 11) is -0.996. The van der Waals surface area contributed by atoms with Crippen LogP contribution in [0.4, 0.5) is 0 Å². The Bertz CT molecular complexity index is 362. The third-order valence-corrected chi connectivity index (χ3v) is 3.89. The third-order valence-electron chi connectivity index (χ3n) is 2.18. The smallest absolute Gasteiger partial charge is 0.123 e. The molecular formula is C11H19N3OSi. The number of hydrogen-bond acceptors (Lipinski definition) is 3. The van der Waals surface area contributed by atoms with Crippen LogP contribution in [0.25, 0.3) is 0 Å². The Kier molecular flexibility index (Phi) is 4.71. The molecule has 1 aromatic heterocycles. The van der Waals surface area contributed by atoms with E-state index < -0.39 is 8.07 Å². The van der Waals surface area contributed by atoms with Crippen molar-refractivity contribution in [3.05, 3.63) is 18.2 Å². The van der Waals surface area contributed by atoms with Crippen LogP contribution in [0.15, 0.2) is 12.5 Å². The quantitative estimate of drug-likeness (QED) is 0.563. The van der Waals surface area contributed by atoms with E-state index in [1.165, 1.54) is 6.04 Å². The highest BCUT2D eigenvalue weighted by molar-refractivity contribution is 6.76. The normalized spacial score (nSPS) is 11.4. The fourth-order valence-corrected chi connectivity index (χ4v) is 1.95. The van der Waals surface area contributed by atoms with E-state index in [2.05, 4.69) is 30.7 Å². The van der Waals surface area contributed by atoms with Crippen LogP contribution < -0.4 is 0 Å². The predicted octanol–water partition coefficient (Wildman–Crippen LogP) is 2.26. The zero-order chi connectivity index (χ0) is 12.0. The minimum atomic E-state index is -0.996. The molecule has 1 heterocycles. The second-order valence-electron chi connectivity index (χ2n) is 5.06. The van der Waals surface area contributed by atoms with E-state index in [-0.39, 0.29) is 0 Å². The van der Waals surface area contributed by atoms with Crippen molar-refractivity contribution in [1.82, 2.24) is 9.55 Å². The molecule has 88 valence electrons. The summed E-state index contributed by atoms with van der Waals surface area (Å²) in [6.45, 7) is 8.33. The molecule has 4 nitrogen and oxygen atoms in total. The number of ether oxygens (including phenoxy) is 1. The lowest BCUT2D eigenvalue weighted by atomic mass is 10.4. The first kappa shape index (κ1) is 12.9. The summed E-state index contributed by atoms with van der Waals surface area (Å²) < 4.78 is 7.43. The van der Waals surface area contributed by atoms with Gasteiger partial charge in [0.05, 0.1) is 24.5 Å². The molecule has 0 fully saturated rings. The molecule has 0 spiro atoms. The molecule has 0 aromatic carbocycles. The van der Waals surface area contributed by atoms with E-state index in [1.54, 1.807) is 6.33 Å². The summed E-state index contributed by atoms with van der Waals surface area (Å²) in [4.78, 5) is 4.10. The monoisotopic (exact) mass is 237 g/mol. The van der Waals surface area contributed by atoms with Crippen molar-refractivity contribution in [3.63, 3.8) is 0 Å². The van der Waals surface area contributed by atoms with Crippen LogP contribution in [0.5, 0.6) is 0 Å². The maximum Gasteiger partial charge on any atom is 0.123 e. The number of hydrogen-bond donors (Lipinski definition) is 0. The SMILES string of the molecule is C[Si](C)(C)CCOCn1cnc(CC#N)c1. The molecule has 0 atom stereocenters. The molecule has 0 aliphatic rings. The molecule has 1 rings (SSSR count). The van der Waals surface area contributed by atoms with E-state index in [9.17, 15) is 0 Å². The van der Waals surface area contributed by atoms with Gasteiger partial charge in [-0.2, -0.15) is 5.26 Å². The van der Waals surface area contributed by atoms with Gasteiger partial charge in [-0.3, -0.25) is 0 Å². The van der Waals surface area contributed by atoms with Crippen molar-refractivity contribution < 1.29 is 4.74 Å². The lowest BCUT2D eigenvalue weighted by Crippen LogP contribution is -2.21.